The zero-order valence-electron chi connectivity index (χ0n) is 9.05. The van der Waals surface area contributed by atoms with Crippen molar-refractivity contribution in [2.75, 3.05) is 5.32 Å². The summed E-state index contributed by atoms with van der Waals surface area (Å²) in [4.78, 5) is 11.2. The van der Waals surface area contributed by atoms with Gasteiger partial charge in [0.1, 0.15) is 5.75 Å². The largest absolute Gasteiger partial charge is 0.508 e. The Labute approximate surface area is 98.7 Å². The molecule has 0 radical (unpaired) electrons. The average molecular weight is 228 g/mol. The van der Waals surface area contributed by atoms with Gasteiger partial charge in [0.15, 0.2) is 0 Å². The lowest BCUT2D eigenvalue weighted by atomic mass is 10.1. The van der Waals surface area contributed by atoms with Crippen molar-refractivity contribution in [2.45, 2.75) is 0 Å². The third-order valence-electron chi connectivity index (χ3n) is 2.34. The monoisotopic (exact) mass is 228 g/mol. The molecule has 0 aliphatic rings. The molecule has 2 aromatic rings. The standard InChI is InChI=1S/C13H12N2O2/c14-13(17)11-3-1-2-4-12(11)15-9-5-7-10(16)8-6-9/h1-8,15-16H,(H2,14,17). The van der Waals surface area contributed by atoms with Gasteiger partial charge in [-0.05, 0) is 36.4 Å². The zero-order valence-corrected chi connectivity index (χ0v) is 9.05. The molecule has 0 aliphatic carbocycles. The average Bonchev–Trinajstić information content (AvgIpc) is 2.32. The Kier molecular flexibility index (Phi) is 2.96. The van der Waals surface area contributed by atoms with Crippen molar-refractivity contribution < 1.29 is 9.90 Å². The second-order valence-electron chi connectivity index (χ2n) is 3.58. The molecule has 0 fully saturated rings. The predicted octanol–water partition coefficient (Wildman–Crippen LogP) is 2.23. The van der Waals surface area contributed by atoms with Crippen LogP contribution >= 0.6 is 0 Å². The molecule has 4 N–H and O–H groups in total. The fourth-order valence-electron chi connectivity index (χ4n) is 1.51. The number of aromatic hydroxyl groups is 1. The van der Waals surface area contributed by atoms with Crippen LogP contribution in [0.25, 0.3) is 0 Å². The summed E-state index contributed by atoms with van der Waals surface area (Å²) in [7, 11) is 0. The number of rotatable bonds is 3. The van der Waals surface area contributed by atoms with Gasteiger partial charge in [0.2, 0.25) is 0 Å². The Balaban J connectivity index is 2.30. The lowest BCUT2D eigenvalue weighted by Gasteiger charge is -2.09. The van der Waals surface area contributed by atoms with Crippen molar-refractivity contribution in [3.63, 3.8) is 0 Å². The summed E-state index contributed by atoms with van der Waals surface area (Å²) < 4.78 is 0. The van der Waals surface area contributed by atoms with Crippen LogP contribution in [0.3, 0.4) is 0 Å². The van der Waals surface area contributed by atoms with Gasteiger partial charge in [-0.3, -0.25) is 4.79 Å². The number of para-hydroxylation sites is 1. The van der Waals surface area contributed by atoms with E-state index in [1.807, 2.05) is 6.07 Å². The van der Waals surface area contributed by atoms with Gasteiger partial charge < -0.3 is 16.2 Å². The maximum atomic E-state index is 11.2. The topological polar surface area (TPSA) is 75.4 Å². The Hall–Kier alpha value is -2.49. The van der Waals surface area contributed by atoms with Gasteiger partial charge in [0, 0.05) is 5.69 Å². The molecule has 0 aliphatic heterocycles. The molecule has 0 bridgehead atoms. The van der Waals surface area contributed by atoms with Gasteiger partial charge in [-0.25, -0.2) is 0 Å². The number of amides is 1. The molecule has 0 heterocycles. The highest BCUT2D eigenvalue weighted by atomic mass is 16.3. The number of phenols is 1. The Morgan fingerprint density at radius 1 is 1.06 bits per heavy atom. The number of carbonyl (C=O) groups excluding carboxylic acids is 1. The molecular formula is C13H12N2O2. The summed E-state index contributed by atoms with van der Waals surface area (Å²) in [6.45, 7) is 0. The van der Waals surface area contributed by atoms with Crippen LogP contribution in [0.1, 0.15) is 10.4 Å². The van der Waals surface area contributed by atoms with Crippen LogP contribution in [0.5, 0.6) is 5.75 Å². The number of benzene rings is 2. The maximum Gasteiger partial charge on any atom is 0.250 e. The Morgan fingerprint density at radius 2 is 1.71 bits per heavy atom. The van der Waals surface area contributed by atoms with Crippen molar-refractivity contribution in [1.82, 2.24) is 0 Å². The summed E-state index contributed by atoms with van der Waals surface area (Å²) in [5.41, 5.74) is 7.12. The van der Waals surface area contributed by atoms with Crippen molar-refractivity contribution in [1.29, 1.82) is 0 Å². The van der Waals surface area contributed by atoms with Crippen molar-refractivity contribution in [3.8, 4) is 5.75 Å². The number of anilines is 2. The molecule has 1 amide bonds. The quantitative estimate of drug-likeness (QED) is 0.705. The van der Waals surface area contributed by atoms with Crippen LogP contribution in [-0.4, -0.2) is 11.0 Å². The number of nitrogens with two attached hydrogens (primary N) is 1. The van der Waals surface area contributed by atoms with Crippen LogP contribution in [0.15, 0.2) is 48.5 Å². The lowest BCUT2D eigenvalue weighted by molar-refractivity contribution is 0.100. The molecule has 86 valence electrons. The van der Waals surface area contributed by atoms with E-state index >= 15 is 0 Å². The summed E-state index contributed by atoms with van der Waals surface area (Å²) in [6, 6.07) is 13.6. The molecule has 0 spiro atoms. The zero-order chi connectivity index (χ0) is 12.3. The minimum atomic E-state index is -0.480. The maximum absolute atomic E-state index is 11.2. The second kappa shape index (κ2) is 4.57. The molecular weight excluding hydrogens is 216 g/mol. The molecule has 2 aromatic carbocycles. The second-order valence-corrected chi connectivity index (χ2v) is 3.58. The highest BCUT2D eigenvalue weighted by molar-refractivity contribution is 5.99. The van der Waals surface area contributed by atoms with Crippen LogP contribution in [0.2, 0.25) is 0 Å². The first-order valence-corrected chi connectivity index (χ1v) is 5.12. The third kappa shape index (κ3) is 2.55. The van der Waals surface area contributed by atoms with Gasteiger partial charge >= 0.3 is 0 Å². The number of primary amides is 1. The predicted molar refractivity (Wildman–Crippen MR) is 66.3 cm³/mol. The molecule has 2 rings (SSSR count). The molecule has 0 saturated carbocycles. The summed E-state index contributed by atoms with van der Waals surface area (Å²) >= 11 is 0. The molecule has 0 saturated heterocycles. The fourth-order valence-corrected chi connectivity index (χ4v) is 1.51. The minimum Gasteiger partial charge on any atom is -0.508 e. The molecule has 0 aromatic heterocycles. The third-order valence-corrected chi connectivity index (χ3v) is 2.34. The van der Waals surface area contributed by atoms with Crippen LogP contribution < -0.4 is 11.1 Å². The van der Waals surface area contributed by atoms with E-state index in [1.54, 1.807) is 42.5 Å². The number of hydrogen-bond donors (Lipinski definition) is 3. The van der Waals surface area contributed by atoms with Gasteiger partial charge in [-0.1, -0.05) is 12.1 Å². The van der Waals surface area contributed by atoms with E-state index in [9.17, 15) is 4.79 Å². The molecule has 4 heteroatoms. The normalized spacial score (nSPS) is 9.88. The highest BCUT2D eigenvalue weighted by Gasteiger charge is 2.06. The van der Waals surface area contributed by atoms with Gasteiger partial charge in [0.25, 0.3) is 5.91 Å². The van der Waals surface area contributed by atoms with E-state index in [0.29, 0.717) is 11.3 Å². The van der Waals surface area contributed by atoms with Crippen molar-refractivity contribution in [3.05, 3.63) is 54.1 Å². The highest BCUT2D eigenvalue weighted by Crippen LogP contribution is 2.22. The summed E-state index contributed by atoms with van der Waals surface area (Å²) in [5, 5.41) is 12.2. The van der Waals surface area contributed by atoms with Crippen LogP contribution in [-0.2, 0) is 0 Å². The first kappa shape index (κ1) is 11.0. The molecule has 17 heavy (non-hydrogen) atoms. The molecule has 4 nitrogen and oxygen atoms in total. The number of nitrogens with one attached hydrogen (secondary N) is 1. The first-order chi connectivity index (χ1) is 8.16. The minimum absolute atomic E-state index is 0.193. The van der Waals surface area contributed by atoms with E-state index < -0.39 is 5.91 Å². The fraction of sp³-hybridized carbons (Fsp3) is 0. The van der Waals surface area contributed by atoms with Gasteiger partial charge in [-0.2, -0.15) is 0 Å². The molecule has 0 atom stereocenters. The Morgan fingerprint density at radius 3 is 2.35 bits per heavy atom. The van der Waals surface area contributed by atoms with E-state index in [0.717, 1.165) is 5.69 Å². The number of carbonyl (C=O) groups is 1. The van der Waals surface area contributed by atoms with Crippen molar-refractivity contribution >= 4 is 17.3 Å². The Bertz CT molecular complexity index is 535. The molecule has 0 unspecified atom stereocenters. The van der Waals surface area contributed by atoms with Crippen molar-refractivity contribution in [2.24, 2.45) is 5.73 Å². The lowest BCUT2D eigenvalue weighted by Crippen LogP contribution is -2.13. The summed E-state index contributed by atoms with van der Waals surface area (Å²) in [6.07, 6.45) is 0. The SMILES string of the molecule is NC(=O)c1ccccc1Nc1ccc(O)cc1. The van der Waals surface area contributed by atoms with E-state index in [1.165, 1.54) is 0 Å². The van der Waals surface area contributed by atoms with Crippen LogP contribution in [0.4, 0.5) is 11.4 Å². The summed E-state index contributed by atoms with van der Waals surface area (Å²) in [5.74, 6) is -0.286. The smallest absolute Gasteiger partial charge is 0.250 e. The van der Waals surface area contributed by atoms with E-state index in [2.05, 4.69) is 5.32 Å². The van der Waals surface area contributed by atoms with Gasteiger partial charge in [-0.15, -0.1) is 0 Å². The van der Waals surface area contributed by atoms with Crippen LogP contribution in [0, 0.1) is 0 Å². The number of phenolic OH excluding ortho intramolecular Hbond substituents is 1. The van der Waals surface area contributed by atoms with E-state index in [4.69, 9.17) is 10.8 Å². The van der Waals surface area contributed by atoms with Gasteiger partial charge in [0.05, 0.1) is 11.3 Å². The van der Waals surface area contributed by atoms with E-state index in [-0.39, 0.29) is 5.75 Å². The number of hydrogen-bond acceptors (Lipinski definition) is 3. The first-order valence-electron chi connectivity index (χ1n) is 5.12.